The summed E-state index contributed by atoms with van der Waals surface area (Å²) in [7, 11) is 1.67. The fraction of sp³-hybridized carbons (Fsp3) is 0.526. The number of methoxy groups -OCH3 is 1. The molecule has 0 aliphatic heterocycles. The van der Waals surface area contributed by atoms with Crippen molar-refractivity contribution in [1.82, 2.24) is 15.5 Å². The first-order chi connectivity index (χ1) is 11.6. The molecule has 130 valence electrons. The Morgan fingerprint density at radius 2 is 2.12 bits per heavy atom. The molecule has 24 heavy (non-hydrogen) atoms. The second-order valence-electron chi connectivity index (χ2n) is 7.02. The SMILES string of the molecule is COc1ccc(-c2[nH]ncc2CNCC2(C)CCCCC2O)cc1. The molecule has 0 amide bonds. The van der Waals surface area contributed by atoms with Crippen molar-refractivity contribution in [2.45, 2.75) is 45.3 Å². The standard InChI is InChI=1S/C19H27N3O2/c1-19(10-4-3-5-17(19)23)13-20-11-15-12-21-22-18(15)14-6-8-16(24-2)9-7-14/h6-9,12,17,20,23H,3-5,10-11,13H2,1-2H3,(H,21,22). The van der Waals surface area contributed by atoms with Gasteiger partial charge in [-0.3, -0.25) is 5.10 Å². The molecule has 1 aromatic carbocycles. The molecule has 0 radical (unpaired) electrons. The second kappa shape index (κ2) is 7.36. The Morgan fingerprint density at radius 1 is 1.33 bits per heavy atom. The third-order valence-corrected chi connectivity index (χ3v) is 5.22. The molecule has 0 bridgehead atoms. The number of H-pyrrole nitrogens is 1. The highest BCUT2D eigenvalue weighted by atomic mass is 16.5. The molecule has 2 unspecified atom stereocenters. The van der Waals surface area contributed by atoms with E-state index in [9.17, 15) is 5.11 Å². The number of benzene rings is 1. The fourth-order valence-corrected chi connectivity index (χ4v) is 3.52. The number of hydrogen-bond acceptors (Lipinski definition) is 4. The first-order valence-corrected chi connectivity index (χ1v) is 8.68. The molecule has 1 aliphatic carbocycles. The number of aliphatic hydroxyl groups excluding tert-OH is 1. The van der Waals surface area contributed by atoms with Crippen LogP contribution in [0.5, 0.6) is 5.75 Å². The van der Waals surface area contributed by atoms with E-state index in [4.69, 9.17) is 4.74 Å². The van der Waals surface area contributed by atoms with E-state index < -0.39 is 0 Å². The predicted octanol–water partition coefficient (Wildman–Crippen LogP) is 3.12. The van der Waals surface area contributed by atoms with Crippen molar-refractivity contribution < 1.29 is 9.84 Å². The topological polar surface area (TPSA) is 70.2 Å². The monoisotopic (exact) mass is 329 g/mol. The predicted molar refractivity (Wildman–Crippen MR) is 94.9 cm³/mol. The smallest absolute Gasteiger partial charge is 0.118 e. The van der Waals surface area contributed by atoms with Gasteiger partial charge >= 0.3 is 0 Å². The molecule has 1 heterocycles. The average Bonchev–Trinajstić information content (AvgIpc) is 3.06. The van der Waals surface area contributed by atoms with Gasteiger partial charge in [0.05, 0.1) is 25.1 Å². The molecular formula is C19H27N3O2. The lowest BCUT2D eigenvalue weighted by atomic mass is 9.73. The number of rotatable bonds is 6. The number of aromatic nitrogens is 2. The van der Waals surface area contributed by atoms with Gasteiger partial charge in [0.15, 0.2) is 0 Å². The van der Waals surface area contributed by atoms with Crippen LogP contribution in [-0.4, -0.2) is 35.1 Å². The molecule has 2 atom stereocenters. The summed E-state index contributed by atoms with van der Waals surface area (Å²) in [5, 5.41) is 21.1. The zero-order chi connectivity index (χ0) is 17.0. The maximum atomic E-state index is 10.3. The number of aromatic amines is 1. The first kappa shape index (κ1) is 17.0. The van der Waals surface area contributed by atoms with Crippen molar-refractivity contribution in [3.8, 4) is 17.0 Å². The highest BCUT2D eigenvalue weighted by molar-refractivity contribution is 5.63. The van der Waals surface area contributed by atoms with Crippen molar-refractivity contribution in [3.05, 3.63) is 36.0 Å². The van der Waals surface area contributed by atoms with Crippen molar-refractivity contribution in [2.75, 3.05) is 13.7 Å². The van der Waals surface area contributed by atoms with E-state index in [0.717, 1.165) is 54.9 Å². The van der Waals surface area contributed by atoms with Gasteiger partial charge in [0.25, 0.3) is 0 Å². The van der Waals surface area contributed by atoms with Gasteiger partial charge in [-0.05, 0) is 37.1 Å². The van der Waals surface area contributed by atoms with Crippen LogP contribution in [-0.2, 0) is 6.54 Å². The molecule has 1 saturated carbocycles. The van der Waals surface area contributed by atoms with Crippen LogP contribution in [0.15, 0.2) is 30.5 Å². The molecule has 1 fully saturated rings. The van der Waals surface area contributed by atoms with Crippen LogP contribution in [0.1, 0.15) is 38.2 Å². The lowest BCUT2D eigenvalue weighted by Gasteiger charge is -2.38. The van der Waals surface area contributed by atoms with Crippen molar-refractivity contribution in [3.63, 3.8) is 0 Å². The lowest BCUT2D eigenvalue weighted by molar-refractivity contribution is 0.00116. The van der Waals surface area contributed by atoms with Crippen LogP contribution in [0, 0.1) is 5.41 Å². The summed E-state index contributed by atoms with van der Waals surface area (Å²) in [5.74, 6) is 0.845. The van der Waals surface area contributed by atoms with Crippen LogP contribution >= 0.6 is 0 Å². The van der Waals surface area contributed by atoms with Gasteiger partial charge in [-0.1, -0.05) is 19.8 Å². The Kier molecular flexibility index (Phi) is 5.21. The van der Waals surface area contributed by atoms with Gasteiger partial charge in [-0.25, -0.2) is 0 Å². The Morgan fingerprint density at radius 3 is 2.83 bits per heavy atom. The minimum absolute atomic E-state index is 0.0255. The summed E-state index contributed by atoms with van der Waals surface area (Å²) in [6.45, 7) is 3.74. The van der Waals surface area contributed by atoms with E-state index in [1.807, 2.05) is 30.5 Å². The third kappa shape index (κ3) is 3.62. The van der Waals surface area contributed by atoms with Gasteiger partial charge in [0.2, 0.25) is 0 Å². The van der Waals surface area contributed by atoms with Crippen LogP contribution < -0.4 is 10.1 Å². The maximum Gasteiger partial charge on any atom is 0.118 e. The van der Waals surface area contributed by atoms with E-state index in [1.54, 1.807) is 7.11 Å². The normalized spacial score (nSPS) is 24.0. The molecule has 2 aromatic rings. The largest absolute Gasteiger partial charge is 0.497 e. The van der Waals surface area contributed by atoms with Crippen molar-refractivity contribution in [1.29, 1.82) is 0 Å². The average molecular weight is 329 g/mol. The number of nitrogens with one attached hydrogen (secondary N) is 2. The Hall–Kier alpha value is -1.85. The van der Waals surface area contributed by atoms with Crippen molar-refractivity contribution >= 4 is 0 Å². The van der Waals surface area contributed by atoms with Crippen LogP contribution in [0.4, 0.5) is 0 Å². The van der Waals surface area contributed by atoms with Crippen LogP contribution in [0.2, 0.25) is 0 Å². The quantitative estimate of drug-likeness (QED) is 0.761. The van der Waals surface area contributed by atoms with Crippen LogP contribution in [0.25, 0.3) is 11.3 Å². The van der Waals surface area contributed by atoms with Gasteiger partial charge in [-0.15, -0.1) is 0 Å². The number of ether oxygens (including phenoxy) is 1. The molecule has 1 aromatic heterocycles. The highest BCUT2D eigenvalue weighted by Crippen LogP contribution is 2.35. The second-order valence-corrected chi connectivity index (χ2v) is 7.02. The summed E-state index contributed by atoms with van der Waals surface area (Å²) in [6.07, 6.45) is 6.01. The van der Waals surface area contributed by atoms with Crippen LogP contribution in [0.3, 0.4) is 0 Å². The molecule has 0 spiro atoms. The molecule has 5 heteroatoms. The summed E-state index contributed by atoms with van der Waals surface area (Å²) in [6, 6.07) is 7.96. The Labute approximate surface area is 143 Å². The van der Waals surface area contributed by atoms with Gasteiger partial charge in [-0.2, -0.15) is 5.10 Å². The summed E-state index contributed by atoms with van der Waals surface area (Å²) < 4.78 is 5.21. The molecule has 3 N–H and O–H groups in total. The molecule has 5 nitrogen and oxygen atoms in total. The lowest BCUT2D eigenvalue weighted by Crippen LogP contribution is -2.43. The molecule has 1 aliphatic rings. The molecular weight excluding hydrogens is 302 g/mol. The summed E-state index contributed by atoms with van der Waals surface area (Å²) in [4.78, 5) is 0. The number of aliphatic hydroxyl groups is 1. The first-order valence-electron chi connectivity index (χ1n) is 8.68. The van der Waals surface area contributed by atoms with E-state index in [-0.39, 0.29) is 11.5 Å². The van der Waals surface area contributed by atoms with Crippen molar-refractivity contribution in [2.24, 2.45) is 5.41 Å². The third-order valence-electron chi connectivity index (χ3n) is 5.22. The van der Waals surface area contributed by atoms with Gasteiger partial charge < -0.3 is 15.2 Å². The zero-order valence-electron chi connectivity index (χ0n) is 14.5. The minimum Gasteiger partial charge on any atom is -0.497 e. The maximum absolute atomic E-state index is 10.3. The van der Waals surface area contributed by atoms with Gasteiger partial charge in [0.1, 0.15) is 5.75 Å². The van der Waals surface area contributed by atoms with E-state index in [0.29, 0.717) is 0 Å². The molecule has 0 saturated heterocycles. The minimum atomic E-state index is -0.204. The Balaban J connectivity index is 1.63. The summed E-state index contributed by atoms with van der Waals surface area (Å²) in [5.41, 5.74) is 3.23. The summed E-state index contributed by atoms with van der Waals surface area (Å²) >= 11 is 0. The fourth-order valence-electron chi connectivity index (χ4n) is 3.52. The Bertz CT molecular complexity index is 653. The van der Waals surface area contributed by atoms with E-state index in [2.05, 4.69) is 22.4 Å². The number of hydrogen-bond donors (Lipinski definition) is 3. The van der Waals surface area contributed by atoms with E-state index >= 15 is 0 Å². The van der Waals surface area contributed by atoms with E-state index in [1.165, 1.54) is 6.42 Å². The zero-order valence-corrected chi connectivity index (χ0v) is 14.5. The molecule has 3 rings (SSSR count). The number of nitrogens with zero attached hydrogens (tertiary/aromatic N) is 1. The highest BCUT2D eigenvalue weighted by Gasteiger charge is 2.34. The van der Waals surface area contributed by atoms with Gasteiger partial charge in [0, 0.05) is 29.6 Å².